The fourth-order valence-electron chi connectivity index (χ4n) is 3.53. The summed E-state index contributed by atoms with van der Waals surface area (Å²) in [6.45, 7) is 14.8. The van der Waals surface area contributed by atoms with Crippen molar-refractivity contribution in [3.05, 3.63) is 42.8 Å². The van der Waals surface area contributed by atoms with Crippen LogP contribution in [0.25, 0.3) is 0 Å². The first-order chi connectivity index (χ1) is 12.7. The van der Waals surface area contributed by atoms with Gasteiger partial charge in [0.15, 0.2) is 0 Å². The third kappa shape index (κ3) is 4.15. The molecule has 0 radical (unpaired) electrons. The summed E-state index contributed by atoms with van der Waals surface area (Å²) < 4.78 is 2.06. The molecule has 1 N–H and O–H groups in total. The lowest BCUT2D eigenvalue weighted by Gasteiger charge is -2.36. The highest BCUT2D eigenvalue weighted by Crippen LogP contribution is 2.52. The van der Waals surface area contributed by atoms with Gasteiger partial charge in [0, 0.05) is 20.1 Å². The Labute approximate surface area is 162 Å². The van der Waals surface area contributed by atoms with Crippen molar-refractivity contribution in [3.63, 3.8) is 0 Å². The molecule has 2 heterocycles. The molecule has 0 aromatic carbocycles. The molecule has 0 unspecified atom stereocenters. The van der Waals surface area contributed by atoms with Crippen LogP contribution in [0.4, 0.5) is 5.95 Å². The largest absolute Gasteiger partial charge is 0.481 e. The van der Waals surface area contributed by atoms with Crippen LogP contribution in [0.3, 0.4) is 0 Å². The molecule has 1 aliphatic heterocycles. The number of carbonyl (C=O) groups is 1. The van der Waals surface area contributed by atoms with E-state index in [4.69, 9.17) is 0 Å². The van der Waals surface area contributed by atoms with E-state index >= 15 is 0 Å². The van der Waals surface area contributed by atoms with Crippen molar-refractivity contribution < 1.29 is 9.90 Å². The average Bonchev–Trinajstić information content (AvgIpc) is 3.35. The van der Waals surface area contributed by atoms with E-state index in [0.29, 0.717) is 25.9 Å². The summed E-state index contributed by atoms with van der Waals surface area (Å²) >= 11 is 0. The second-order valence-corrected chi connectivity index (χ2v) is 7.86. The Balaban J connectivity index is 0.000000465. The maximum atomic E-state index is 11.3. The zero-order valence-corrected chi connectivity index (χ0v) is 17.0. The third-order valence-electron chi connectivity index (χ3n) is 5.84. The molecule has 1 saturated heterocycles. The highest BCUT2D eigenvalue weighted by Gasteiger charge is 2.49. The van der Waals surface area contributed by atoms with Crippen LogP contribution in [0.1, 0.15) is 52.3 Å². The number of allylic oxidation sites excluding steroid dienone is 4. The molecule has 6 nitrogen and oxygen atoms in total. The molecule has 0 atom stereocenters. The summed E-state index contributed by atoms with van der Waals surface area (Å²) in [5.74, 6) is 1.13. The summed E-state index contributed by atoms with van der Waals surface area (Å²) in [7, 11) is 2.00. The molecule has 0 bridgehead atoms. The van der Waals surface area contributed by atoms with Gasteiger partial charge in [0.1, 0.15) is 5.82 Å². The van der Waals surface area contributed by atoms with Gasteiger partial charge in [0.2, 0.25) is 5.95 Å². The maximum absolute atomic E-state index is 11.3. The van der Waals surface area contributed by atoms with Crippen LogP contribution < -0.4 is 4.90 Å². The van der Waals surface area contributed by atoms with Gasteiger partial charge in [-0.15, -0.1) is 10.2 Å². The summed E-state index contributed by atoms with van der Waals surface area (Å²) in [6, 6.07) is 0. The smallest absolute Gasteiger partial charge is 0.309 e. The molecule has 3 rings (SSSR count). The number of carboxylic acid groups (broad SMARTS) is 1. The number of rotatable bonds is 5. The number of nitrogens with zero attached hydrogens (tertiary/aromatic N) is 4. The van der Waals surface area contributed by atoms with E-state index in [9.17, 15) is 9.90 Å². The number of hydrogen-bond donors (Lipinski definition) is 1. The third-order valence-corrected chi connectivity index (χ3v) is 5.84. The van der Waals surface area contributed by atoms with E-state index in [1.807, 2.05) is 33.0 Å². The second kappa shape index (κ2) is 8.11. The lowest BCUT2D eigenvalue weighted by atomic mass is 9.80. The average molecular weight is 373 g/mol. The van der Waals surface area contributed by atoms with Crippen LogP contribution in [0.2, 0.25) is 0 Å². The molecular formula is C21H32N4O2. The molecule has 2 fully saturated rings. The number of aliphatic carboxylic acids is 1. The van der Waals surface area contributed by atoms with Gasteiger partial charge in [-0.25, -0.2) is 0 Å². The first-order valence-electron chi connectivity index (χ1n) is 9.50. The highest BCUT2D eigenvalue weighted by molar-refractivity contribution is 5.74. The molecule has 0 amide bonds. The molecule has 27 heavy (non-hydrogen) atoms. The summed E-state index contributed by atoms with van der Waals surface area (Å²) in [5, 5.41) is 18.1. The Bertz CT molecular complexity index is 735. The quantitative estimate of drug-likeness (QED) is 0.628. The summed E-state index contributed by atoms with van der Waals surface area (Å²) in [5.41, 5.74) is 0.533. The van der Waals surface area contributed by atoms with E-state index in [2.05, 4.69) is 39.7 Å². The van der Waals surface area contributed by atoms with Crippen molar-refractivity contribution in [3.8, 4) is 0 Å². The van der Waals surface area contributed by atoms with Gasteiger partial charge >= 0.3 is 5.97 Å². The molecule has 6 heteroatoms. The van der Waals surface area contributed by atoms with Crippen LogP contribution in [0.5, 0.6) is 0 Å². The summed E-state index contributed by atoms with van der Waals surface area (Å²) in [4.78, 5) is 13.5. The van der Waals surface area contributed by atoms with Gasteiger partial charge in [-0.2, -0.15) is 0 Å². The number of anilines is 1. The molecule has 0 spiro atoms. The normalized spacial score (nSPS) is 19.9. The zero-order valence-electron chi connectivity index (χ0n) is 17.0. The molecule has 148 valence electrons. The Morgan fingerprint density at radius 1 is 1.22 bits per heavy atom. The van der Waals surface area contributed by atoms with Crippen molar-refractivity contribution in [2.45, 2.75) is 51.9 Å². The van der Waals surface area contributed by atoms with Crippen molar-refractivity contribution in [2.24, 2.45) is 12.5 Å². The van der Waals surface area contributed by atoms with Crippen LogP contribution >= 0.6 is 0 Å². The predicted molar refractivity (Wildman–Crippen MR) is 109 cm³/mol. The van der Waals surface area contributed by atoms with Gasteiger partial charge in [-0.1, -0.05) is 37.0 Å². The summed E-state index contributed by atoms with van der Waals surface area (Å²) in [6.07, 6.45) is 9.02. The standard InChI is InChI=1S/C16H24N4O2.C5H8/c1-11(2)16(5-6-16)12-17-18-14(19(12)4)20-9-7-15(3,8-10-20)13(21)22;1-3-5-4-2/h1,5-10H2,2-4H3,(H,21,22);3-5H,1H2,2H3/b;5-4-. The van der Waals surface area contributed by atoms with Crippen molar-refractivity contribution >= 4 is 11.9 Å². The van der Waals surface area contributed by atoms with Crippen molar-refractivity contribution in [1.29, 1.82) is 0 Å². The van der Waals surface area contributed by atoms with E-state index in [1.54, 1.807) is 6.08 Å². The maximum Gasteiger partial charge on any atom is 0.309 e. The first-order valence-corrected chi connectivity index (χ1v) is 9.50. The monoisotopic (exact) mass is 372 g/mol. The Kier molecular flexibility index (Phi) is 6.29. The van der Waals surface area contributed by atoms with Gasteiger partial charge in [-0.3, -0.25) is 9.36 Å². The van der Waals surface area contributed by atoms with Gasteiger partial charge < -0.3 is 10.0 Å². The lowest BCUT2D eigenvalue weighted by Crippen LogP contribution is -2.43. The number of carboxylic acids is 1. The number of aromatic nitrogens is 3. The Morgan fingerprint density at radius 2 is 1.81 bits per heavy atom. The molecule has 1 saturated carbocycles. The second-order valence-electron chi connectivity index (χ2n) is 7.86. The van der Waals surface area contributed by atoms with Crippen LogP contribution in [-0.2, 0) is 17.3 Å². The molecule has 1 aliphatic carbocycles. The van der Waals surface area contributed by atoms with Crippen molar-refractivity contribution in [2.75, 3.05) is 18.0 Å². The number of piperidine rings is 1. The topological polar surface area (TPSA) is 71.2 Å². The minimum absolute atomic E-state index is 0.00532. The fraction of sp³-hybridized carbons (Fsp3) is 0.571. The predicted octanol–water partition coefficient (Wildman–Crippen LogP) is 3.86. The first kappa shape index (κ1) is 20.9. The fourth-order valence-corrected chi connectivity index (χ4v) is 3.53. The lowest BCUT2D eigenvalue weighted by molar-refractivity contribution is -0.149. The Morgan fingerprint density at radius 3 is 2.19 bits per heavy atom. The molecule has 2 aliphatic rings. The van der Waals surface area contributed by atoms with Crippen molar-refractivity contribution in [1.82, 2.24) is 14.8 Å². The van der Waals surface area contributed by atoms with E-state index < -0.39 is 11.4 Å². The van der Waals surface area contributed by atoms with Gasteiger partial charge in [0.05, 0.1) is 10.8 Å². The van der Waals surface area contributed by atoms with E-state index in [1.165, 1.54) is 0 Å². The zero-order chi connectivity index (χ0) is 20.2. The Hall–Kier alpha value is -2.37. The molecule has 1 aromatic heterocycles. The van der Waals surface area contributed by atoms with Crippen LogP contribution in [-0.4, -0.2) is 38.9 Å². The number of hydrogen-bond acceptors (Lipinski definition) is 4. The van der Waals surface area contributed by atoms with E-state index in [0.717, 1.165) is 30.2 Å². The van der Waals surface area contributed by atoms with Crippen LogP contribution in [0, 0.1) is 5.41 Å². The molecular weight excluding hydrogens is 340 g/mol. The minimum Gasteiger partial charge on any atom is -0.481 e. The van der Waals surface area contributed by atoms with Gasteiger partial charge in [-0.05, 0) is 46.5 Å². The SMILES string of the molecule is C=C(C)C1(c2nnc(N3CCC(C)(C(=O)O)CC3)n2C)CC1.C=C/C=C\C. The van der Waals surface area contributed by atoms with Crippen LogP contribution in [0.15, 0.2) is 37.0 Å². The molecule has 1 aromatic rings. The van der Waals surface area contributed by atoms with Gasteiger partial charge in [0.25, 0.3) is 0 Å². The van der Waals surface area contributed by atoms with E-state index in [-0.39, 0.29) is 5.41 Å². The minimum atomic E-state index is -0.704. The highest BCUT2D eigenvalue weighted by atomic mass is 16.4.